The summed E-state index contributed by atoms with van der Waals surface area (Å²) in [4.78, 5) is 15.7. The first-order chi connectivity index (χ1) is 15.7. The quantitative estimate of drug-likeness (QED) is 0.416. The van der Waals surface area contributed by atoms with E-state index in [1.54, 1.807) is 56.6 Å². The Hall–Kier alpha value is -3.71. The molecule has 0 aliphatic heterocycles. The zero-order valence-electron chi connectivity index (χ0n) is 19.0. The molecule has 0 saturated carbocycles. The Labute approximate surface area is 191 Å². The van der Waals surface area contributed by atoms with E-state index in [-0.39, 0.29) is 11.4 Å². The molecule has 4 aromatic rings. The summed E-state index contributed by atoms with van der Waals surface area (Å²) < 4.78 is 21.7. The number of nitrogens with zero attached hydrogens (tertiary/aromatic N) is 2. The van der Waals surface area contributed by atoms with Crippen molar-refractivity contribution in [1.29, 1.82) is 0 Å². The molecular weight excluding hydrogens is 421 g/mol. The highest BCUT2D eigenvalue weighted by molar-refractivity contribution is 6.05. The number of carboxylic acid groups (broad SMARTS) is 1. The average molecular weight is 448 g/mol. The number of rotatable bonds is 6. The molecule has 33 heavy (non-hydrogen) atoms. The van der Waals surface area contributed by atoms with Gasteiger partial charge in [0.2, 0.25) is 0 Å². The predicted molar refractivity (Wildman–Crippen MR) is 127 cm³/mol. The minimum atomic E-state index is -0.994. The van der Waals surface area contributed by atoms with Gasteiger partial charge in [-0.2, -0.15) is 0 Å². The molecule has 6 nitrogen and oxygen atoms in total. The number of pyridine rings is 1. The van der Waals surface area contributed by atoms with Crippen LogP contribution in [0.2, 0.25) is 0 Å². The summed E-state index contributed by atoms with van der Waals surface area (Å²) >= 11 is 0. The molecule has 0 aliphatic rings. The maximum absolute atomic E-state index is 14.1. The van der Waals surface area contributed by atoms with Gasteiger partial charge in [-0.25, -0.2) is 14.2 Å². The maximum Gasteiger partial charge on any atom is 0.335 e. The first-order valence-corrected chi connectivity index (χ1v) is 10.5. The van der Waals surface area contributed by atoms with Crippen molar-refractivity contribution in [1.82, 2.24) is 9.55 Å². The average Bonchev–Trinajstić information content (AvgIpc) is 3.13. The molecule has 2 aromatic carbocycles. The Kier molecular flexibility index (Phi) is 5.68. The van der Waals surface area contributed by atoms with E-state index in [4.69, 9.17) is 10.5 Å². The maximum atomic E-state index is 14.1. The largest absolute Gasteiger partial charge is 0.478 e. The van der Waals surface area contributed by atoms with E-state index >= 15 is 0 Å². The standard InChI is InChI=1S/C26H26FN3O3/c1-15-13-18(9-10-19(15)27)30-20-11-12-29-24(28)22(20)21(23(30)26(2,3)14-33-4)16-5-7-17(8-6-16)25(31)32/h5-13H,14H2,1-4H3,(H2,28,29)(H,31,32). The molecule has 0 aliphatic carbocycles. The number of aromatic nitrogens is 2. The summed E-state index contributed by atoms with van der Waals surface area (Å²) in [5.74, 6) is -0.915. The molecule has 0 radical (unpaired) electrons. The van der Waals surface area contributed by atoms with Crippen molar-refractivity contribution in [3.8, 4) is 16.8 Å². The van der Waals surface area contributed by atoms with E-state index < -0.39 is 11.4 Å². The lowest BCUT2D eigenvalue weighted by atomic mass is 9.84. The van der Waals surface area contributed by atoms with Crippen LogP contribution in [0.5, 0.6) is 0 Å². The van der Waals surface area contributed by atoms with Crippen LogP contribution in [0.3, 0.4) is 0 Å². The number of aromatic carboxylic acids is 1. The van der Waals surface area contributed by atoms with Gasteiger partial charge in [0.25, 0.3) is 0 Å². The minimum absolute atomic E-state index is 0.195. The van der Waals surface area contributed by atoms with Crippen molar-refractivity contribution >= 4 is 22.7 Å². The Bertz CT molecular complexity index is 1360. The summed E-state index contributed by atoms with van der Waals surface area (Å²) in [6, 6.07) is 13.6. The van der Waals surface area contributed by atoms with Crippen molar-refractivity contribution in [3.63, 3.8) is 0 Å². The molecule has 0 atom stereocenters. The number of nitrogens with two attached hydrogens (primary N) is 1. The van der Waals surface area contributed by atoms with Crippen LogP contribution in [-0.4, -0.2) is 34.3 Å². The number of aryl methyl sites for hydroxylation is 1. The molecule has 2 heterocycles. The highest BCUT2D eigenvalue weighted by atomic mass is 19.1. The number of anilines is 1. The molecule has 7 heteroatoms. The third-order valence-electron chi connectivity index (χ3n) is 5.88. The molecule has 0 fully saturated rings. The molecule has 2 aromatic heterocycles. The number of hydrogen-bond acceptors (Lipinski definition) is 4. The molecular formula is C26H26FN3O3. The van der Waals surface area contributed by atoms with Gasteiger partial charge in [0, 0.05) is 35.7 Å². The second-order valence-corrected chi connectivity index (χ2v) is 8.78. The smallest absolute Gasteiger partial charge is 0.335 e. The molecule has 170 valence electrons. The highest BCUT2D eigenvalue weighted by Gasteiger charge is 2.33. The summed E-state index contributed by atoms with van der Waals surface area (Å²) in [6.07, 6.45) is 1.65. The van der Waals surface area contributed by atoms with Crippen LogP contribution in [0, 0.1) is 12.7 Å². The number of ether oxygens (including phenoxy) is 1. The van der Waals surface area contributed by atoms with E-state index in [2.05, 4.69) is 23.4 Å². The normalized spacial score (nSPS) is 11.8. The molecule has 0 saturated heterocycles. The number of fused-ring (bicyclic) bond motifs is 1. The van der Waals surface area contributed by atoms with Crippen LogP contribution >= 0.6 is 0 Å². The zero-order chi connectivity index (χ0) is 23.9. The van der Waals surface area contributed by atoms with E-state index in [0.717, 1.165) is 33.4 Å². The number of halogens is 1. The third-order valence-corrected chi connectivity index (χ3v) is 5.88. The van der Waals surface area contributed by atoms with Gasteiger partial charge < -0.3 is 20.1 Å². The number of nitrogen functional groups attached to an aromatic ring is 1. The fourth-order valence-corrected chi connectivity index (χ4v) is 4.43. The fraction of sp³-hybridized carbons (Fsp3) is 0.231. The Balaban J connectivity index is 2.16. The summed E-state index contributed by atoms with van der Waals surface area (Å²) in [6.45, 7) is 6.27. The van der Waals surface area contributed by atoms with Crippen LogP contribution in [0.4, 0.5) is 10.2 Å². The van der Waals surface area contributed by atoms with Gasteiger partial charge in [0.05, 0.1) is 23.1 Å². The van der Waals surface area contributed by atoms with Crippen molar-refractivity contribution in [2.75, 3.05) is 19.5 Å². The Morgan fingerprint density at radius 1 is 1.18 bits per heavy atom. The third kappa shape index (κ3) is 3.85. The number of benzene rings is 2. The topological polar surface area (TPSA) is 90.4 Å². The molecule has 4 rings (SSSR count). The summed E-state index contributed by atoms with van der Waals surface area (Å²) in [5, 5.41) is 10.1. The highest BCUT2D eigenvalue weighted by Crippen LogP contribution is 2.44. The molecule has 0 bridgehead atoms. The van der Waals surface area contributed by atoms with Crippen LogP contribution in [-0.2, 0) is 10.2 Å². The Morgan fingerprint density at radius 2 is 1.88 bits per heavy atom. The van der Waals surface area contributed by atoms with Gasteiger partial charge in [-0.1, -0.05) is 26.0 Å². The lowest BCUT2D eigenvalue weighted by molar-refractivity contribution is 0.0697. The van der Waals surface area contributed by atoms with Crippen LogP contribution < -0.4 is 5.73 Å². The number of carboxylic acids is 1. The van der Waals surface area contributed by atoms with Crippen molar-refractivity contribution < 1.29 is 19.0 Å². The number of carbonyl (C=O) groups is 1. The molecule has 0 amide bonds. The van der Waals surface area contributed by atoms with Gasteiger partial charge in [-0.15, -0.1) is 0 Å². The first kappa shape index (κ1) is 22.5. The van der Waals surface area contributed by atoms with Gasteiger partial charge in [0.1, 0.15) is 11.6 Å². The van der Waals surface area contributed by atoms with E-state index in [1.165, 1.54) is 6.07 Å². The summed E-state index contributed by atoms with van der Waals surface area (Å²) in [5.41, 5.74) is 10.8. The SMILES string of the molecule is COCC(C)(C)c1c(-c2ccc(C(=O)O)cc2)c2c(N)nccc2n1-c1ccc(F)c(C)c1. The molecule has 0 spiro atoms. The second kappa shape index (κ2) is 8.33. The minimum Gasteiger partial charge on any atom is -0.478 e. The predicted octanol–water partition coefficient (Wildman–Crippen LogP) is 5.34. The Morgan fingerprint density at radius 3 is 2.48 bits per heavy atom. The van der Waals surface area contributed by atoms with Gasteiger partial charge in [-0.05, 0) is 54.4 Å². The van der Waals surface area contributed by atoms with Crippen LogP contribution in [0.25, 0.3) is 27.7 Å². The zero-order valence-corrected chi connectivity index (χ0v) is 19.0. The summed E-state index contributed by atoms with van der Waals surface area (Å²) in [7, 11) is 1.65. The van der Waals surface area contributed by atoms with Crippen LogP contribution in [0.15, 0.2) is 54.7 Å². The van der Waals surface area contributed by atoms with E-state index in [9.17, 15) is 14.3 Å². The molecule has 3 N–H and O–H groups in total. The van der Waals surface area contributed by atoms with Gasteiger partial charge in [-0.3, -0.25) is 0 Å². The van der Waals surface area contributed by atoms with Crippen molar-refractivity contribution in [2.24, 2.45) is 0 Å². The van der Waals surface area contributed by atoms with E-state index in [0.29, 0.717) is 18.0 Å². The fourth-order valence-electron chi connectivity index (χ4n) is 4.43. The molecule has 0 unspecified atom stereocenters. The lowest BCUT2D eigenvalue weighted by Crippen LogP contribution is -2.27. The second-order valence-electron chi connectivity index (χ2n) is 8.78. The van der Waals surface area contributed by atoms with E-state index in [1.807, 2.05) is 6.07 Å². The monoisotopic (exact) mass is 447 g/mol. The van der Waals surface area contributed by atoms with Gasteiger partial charge in [0.15, 0.2) is 0 Å². The number of hydrogen-bond donors (Lipinski definition) is 2. The number of methoxy groups -OCH3 is 1. The van der Waals surface area contributed by atoms with Crippen molar-refractivity contribution in [2.45, 2.75) is 26.2 Å². The van der Waals surface area contributed by atoms with Gasteiger partial charge >= 0.3 is 5.97 Å². The first-order valence-electron chi connectivity index (χ1n) is 10.5. The van der Waals surface area contributed by atoms with Crippen molar-refractivity contribution in [3.05, 3.63) is 77.4 Å². The van der Waals surface area contributed by atoms with Crippen LogP contribution in [0.1, 0.15) is 35.5 Å². The lowest BCUT2D eigenvalue weighted by Gasteiger charge is -2.28.